The van der Waals surface area contributed by atoms with Gasteiger partial charge in [-0.3, -0.25) is 4.79 Å². The number of benzene rings is 4. The maximum atomic E-state index is 13.4. The standard InChI is InChI=1S/C31H29N3O3/c1-2-36-29-19-26(15-18-28(29)37-22-25-11-7-4-8-12-25)30(34-27-16-13-23(20-32)14-17-27)31(35)33-21-24-9-5-3-6-10-24/h3-19,30,34H,2,21-22H2,1H3,(H,33,35)/t30-/m1/s1. The van der Waals surface area contributed by atoms with Crippen molar-refractivity contribution in [2.75, 3.05) is 11.9 Å². The molecule has 6 nitrogen and oxygen atoms in total. The summed E-state index contributed by atoms with van der Waals surface area (Å²) < 4.78 is 11.9. The normalized spacial score (nSPS) is 11.1. The lowest BCUT2D eigenvalue weighted by Crippen LogP contribution is -2.33. The lowest BCUT2D eigenvalue weighted by Gasteiger charge is -2.22. The number of anilines is 1. The third kappa shape index (κ3) is 7.12. The van der Waals surface area contributed by atoms with E-state index in [2.05, 4.69) is 16.7 Å². The molecular weight excluding hydrogens is 462 g/mol. The molecule has 4 rings (SSSR count). The average molecular weight is 492 g/mol. The van der Waals surface area contributed by atoms with Gasteiger partial charge in [0, 0.05) is 12.2 Å². The summed E-state index contributed by atoms with van der Waals surface area (Å²) >= 11 is 0. The number of ether oxygens (including phenoxy) is 2. The molecule has 0 unspecified atom stereocenters. The van der Waals surface area contributed by atoms with Crippen molar-refractivity contribution in [3.63, 3.8) is 0 Å². The molecule has 0 aliphatic heterocycles. The summed E-state index contributed by atoms with van der Waals surface area (Å²) in [5, 5.41) is 15.5. The molecule has 0 heterocycles. The van der Waals surface area contributed by atoms with Crippen LogP contribution in [0.4, 0.5) is 5.69 Å². The second kappa shape index (κ2) is 12.8. The zero-order valence-electron chi connectivity index (χ0n) is 20.7. The van der Waals surface area contributed by atoms with Crippen molar-refractivity contribution < 1.29 is 14.3 Å². The van der Waals surface area contributed by atoms with Gasteiger partial charge in [-0.2, -0.15) is 5.26 Å². The third-order valence-electron chi connectivity index (χ3n) is 5.73. The molecule has 6 heteroatoms. The zero-order valence-corrected chi connectivity index (χ0v) is 20.7. The first kappa shape index (κ1) is 25.3. The number of carbonyl (C=O) groups is 1. The number of nitrogens with one attached hydrogen (secondary N) is 2. The lowest BCUT2D eigenvalue weighted by atomic mass is 10.0. The molecule has 186 valence electrons. The lowest BCUT2D eigenvalue weighted by molar-refractivity contribution is -0.122. The number of rotatable bonds is 11. The van der Waals surface area contributed by atoms with E-state index < -0.39 is 6.04 Å². The fraction of sp³-hybridized carbons (Fsp3) is 0.161. The molecule has 0 aliphatic carbocycles. The van der Waals surface area contributed by atoms with Gasteiger partial charge in [0.2, 0.25) is 5.91 Å². The molecule has 0 aliphatic rings. The smallest absolute Gasteiger partial charge is 0.247 e. The average Bonchev–Trinajstić information content (AvgIpc) is 2.95. The summed E-state index contributed by atoms with van der Waals surface area (Å²) in [5.74, 6) is 0.989. The van der Waals surface area contributed by atoms with Crippen molar-refractivity contribution in [3.8, 4) is 17.6 Å². The van der Waals surface area contributed by atoms with Crippen LogP contribution in [0.1, 0.15) is 35.2 Å². The zero-order chi connectivity index (χ0) is 25.9. The summed E-state index contributed by atoms with van der Waals surface area (Å²) in [5.41, 5.74) is 4.06. The largest absolute Gasteiger partial charge is 0.490 e. The van der Waals surface area contributed by atoms with Gasteiger partial charge in [-0.1, -0.05) is 66.7 Å². The highest BCUT2D eigenvalue weighted by Gasteiger charge is 2.22. The molecule has 0 fully saturated rings. The molecule has 0 saturated carbocycles. The Balaban J connectivity index is 1.58. The number of nitriles is 1. The highest BCUT2D eigenvalue weighted by Crippen LogP contribution is 2.33. The van der Waals surface area contributed by atoms with Crippen LogP contribution in [-0.2, 0) is 17.9 Å². The van der Waals surface area contributed by atoms with Gasteiger partial charge in [0.05, 0.1) is 18.2 Å². The molecule has 0 saturated heterocycles. The molecule has 37 heavy (non-hydrogen) atoms. The van der Waals surface area contributed by atoms with Crippen LogP contribution in [0.2, 0.25) is 0 Å². The first-order valence-corrected chi connectivity index (χ1v) is 12.2. The molecule has 1 atom stereocenters. The van der Waals surface area contributed by atoms with Crippen LogP contribution in [0, 0.1) is 11.3 Å². The van der Waals surface area contributed by atoms with Crippen molar-refractivity contribution in [2.45, 2.75) is 26.1 Å². The molecule has 2 N–H and O–H groups in total. The highest BCUT2D eigenvalue weighted by atomic mass is 16.5. The number of amides is 1. The van der Waals surface area contributed by atoms with E-state index in [0.717, 1.165) is 22.4 Å². The summed E-state index contributed by atoms with van der Waals surface area (Å²) in [7, 11) is 0. The van der Waals surface area contributed by atoms with Crippen LogP contribution in [0.3, 0.4) is 0 Å². The Morgan fingerprint density at radius 3 is 2.16 bits per heavy atom. The van der Waals surface area contributed by atoms with Gasteiger partial charge >= 0.3 is 0 Å². The van der Waals surface area contributed by atoms with E-state index in [9.17, 15) is 4.79 Å². The first-order chi connectivity index (χ1) is 18.2. The monoisotopic (exact) mass is 491 g/mol. The fourth-order valence-electron chi connectivity index (χ4n) is 3.82. The first-order valence-electron chi connectivity index (χ1n) is 12.2. The maximum Gasteiger partial charge on any atom is 0.247 e. The van der Waals surface area contributed by atoms with Gasteiger partial charge in [0.15, 0.2) is 11.5 Å². The van der Waals surface area contributed by atoms with Gasteiger partial charge in [-0.05, 0) is 60.0 Å². The van der Waals surface area contributed by atoms with Crippen molar-refractivity contribution in [1.29, 1.82) is 5.26 Å². The molecule has 0 spiro atoms. The van der Waals surface area contributed by atoms with Gasteiger partial charge in [-0.25, -0.2) is 0 Å². The van der Waals surface area contributed by atoms with Crippen molar-refractivity contribution in [2.24, 2.45) is 0 Å². The molecule has 0 aromatic heterocycles. The summed E-state index contributed by atoms with van der Waals surface area (Å²) in [6, 6.07) is 33.6. The predicted molar refractivity (Wildman–Crippen MR) is 144 cm³/mol. The van der Waals surface area contributed by atoms with Crippen LogP contribution in [0.5, 0.6) is 11.5 Å². The molecule has 4 aromatic rings. The van der Waals surface area contributed by atoms with Crippen LogP contribution in [-0.4, -0.2) is 12.5 Å². The Morgan fingerprint density at radius 2 is 1.51 bits per heavy atom. The second-order valence-corrected chi connectivity index (χ2v) is 8.38. The van der Waals surface area contributed by atoms with Gasteiger partial charge in [0.1, 0.15) is 12.6 Å². The fourth-order valence-corrected chi connectivity index (χ4v) is 3.82. The second-order valence-electron chi connectivity index (χ2n) is 8.38. The predicted octanol–water partition coefficient (Wildman–Crippen LogP) is 6.01. The van der Waals surface area contributed by atoms with E-state index in [1.54, 1.807) is 24.3 Å². The Bertz CT molecular complexity index is 1330. The molecule has 4 aromatic carbocycles. The van der Waals surface area contributed by atoms with Crippen LogP contribution >= 0.6 is 0 Å². The Hall–Kier alpha value is -4.76. The topological polar surface area (TPSA) is 83.4 Å². The van der Waals surface area contributed by atoms with Crippen LogP contribution in [0.25, 0.3) is 0 Å². The van der Waals surface area contributed by atoms with Crippen LogP contribution < -0.4 is 20.1 Å². The number of carbonyl (C=O) groups excluding carboxylic acids is 1. The van der Waals surface area contributed by atoms with Gasteiger partial charge < -0.3 is 20.1 Å². The summed E-state index contributed by atoms with van der Waals surface area (Å²) in [6.45, 7) is 3.18. The van der Waals surface area contributed by atoms with E-state index in [4.69, 9.17) is 14.7 Å². The summed E-state index contributed by atoms with van der Waals surface area (Å²) in [6.07, 6.45) is 0. The maximum absolute atomic E-state index is 13.4. The van der Waals surface area contributed by atoms with Crippen molar-refractivity contribution in [3.05, 3.63) is 125 Å². The third-order valence-corrected chi connectivity index (χ3v) is 5.73. The molecule has 1 amide bonds. The van der Waals surface area contributed by atoms with Crippen molar-refractivity contribution in [1.82, 2.24) is 5.32 Å². The SMILES string of the molecule is CCOc1cc([C@@H](Nc2ccc(C#N)cc2)C(=O)NCc2ccccc2)ccc1OCc1ccccc1. The van der Waals surface area contributed by atoms with Gasteiger partial charge in [-0.15, -0.1) is 0 Å². The minimum atomic E-state index is -0.695. The highest BCUT2D eigenvalue weighted by molar-refractivity contribution is 5.86. The Labute approximate surface area is 217 Å². The quantitative estimate of drug-likeness (QED) is 0.269. The van der Waals surface area contributed by atoms with E-state index >= 15 is 0 Å². The van der Waals surface area contributed by atoms with Gasteiger partial charge in [0.25, 0.3) is 0 Å². The van der Waals surface area contributed by atoms with E-state index in [1.807, 2.05) is 85.8 Å². The Kier molecular flexibility index (Phi) is 8.77. The number of nitrogens with zero attached hydrogens (tertiary/aromatic N) is 1. The van der Waals surface area contributed by atoms with E-state index in [0.29, 0.717) is 36.8 Å². The van der Waals surface area contributed by atoms with E-state index in [-0.39, 0.29) is 5.91 Å². The number of hydrogen-bond donors (Lipinski definition) is 2. The Morgan fingerprint density at radius 1 is 0.838 bits per heavy atom. The van der Waals surface area contributed by atoms with Crippen molar-refractivity contribution >= 4 is 11.6 Å². The minimum Gasteiger partial charge on any atom is -0.490 e. The summed E-state index contributed by atoms with van der Waals surface area (Å²) in [4.78, 5) is 13.4. The minimum absolute atomic E-state index is 0.186. The molecule has 0 bridgehead atoms. The van der Waals surface area contributed by atoms with E-state index in [1.165, 1.54) is 0 Å². The molecule has 0 radical (unpaired) electrons. The van der Waals surface area contributed by atoms with Crippen LogP contribution in [0.15, 0.2) is 103 Å². The number of hydrogen-bond acceptors (Lipinski definition) is 5. The molecular formula is C31H29N3O3.